The summed E-state index contributed by atoms with van der Waals surface area (Å²) in [5, 5.41) is 2.91. The lowest BCUT2D eigenvalue weighted by atomic mass is 10.3. The van der Waals surface area contributed by atoms with E-state index in [2.05, 4.69) is 15.0 Å². The molecule has 1 N–H and O–H groups in total. The van der Waals surface area contributed by atoms with Crippen molar-refractivity contribution < 1.29 is 13.9 Å². The molecule has 0 bridgehead atoms. The number of ether oxygens (including phenoxy) is 1. The Morgan fingerprint density at radius 2 is 2.44 bits per heavy atom. The molecule has 0 unspecified atom stereocenters. The first-order chi connectivity index (χ1) is 7.70. The largest absolute Gasteiger partial charge is 0.375 e. The Labute approximate surface area is 95.1 Å². The Bertz CT molecular complexity index is 527. The maximum atomic E-state index is 13.3. The summed E-state index contributed by atoms with van der Waals surface area (Å²) in [6.07, 6.45) is 0. The van der Waals surface area contributed by atoms with Gasteiger partial charge in [-0.3, -0.25) is 10.1 Å². The van der Waals surface area contributed by atoms with Gasteiger partial charge >= 0.3 is 0 Å². The summed E-state index contributed by atoms with van der Waals surface area (Å²) in [5.41, 5.74) is 0.278. The second-order valence-corrected chi connectivity index (χ2v) is 4.12. The van der Waals surface area contributed by atoms with Crippen LogP contribution in [0, 0.1) is 5.82 Å². The number of carbonyl (C=O) groups excluding carboxylic acids is 1. The van der Waals surface area contributed by atoms with E-state index in [1.165, 1.54) is 24.5 Å². The second kappa shape index (κ2) is 4.54. The zero-order valence-electron chi connectivity index (χ0n) is 8.49. The van der Waals surface area contributed by atoms with E-state index < -0.39 is 0 Å². The number of rotatable bonds is 3. The number of thiazole rings is 1. The highest BCUT2D eigenvalue weighted by molar-refractivity contribution is 7.22. The van der Waals surface area contributed by atoms with Crippen LogP contribution in [0.25, 0.3) is 10.2 Å². The standard InChI is InChI=1S/C10H9FN2O2S/c1-15-5-8(14)12-10-13-9-6(11)3-2-4-7(9)16-10/h2-4H,5H2,1H3,(H,12,13,14). The number of methoxy groups -OCH3 is 1. The average molecular weight is 240 g/mol. The van der Waals surface area contributed by atoms with Crippen molar-refractivity contribution in [3.8, 4) is 0 Å². The number of aromatic nitrogens is 1. The summed E-state index contributed by atoms with van der Waals surface area (Å²) >= 11 is 1.23. The summed E-state index contributed by atoms with van der Waals surface area (Å²) in [6.45, 7) is -0.0432. The number of halogens is 1. The molecule has 0 saturated heterocycles. The molecule has 1 aromatic carbocycles. The van der Waals surface area contributed by atoms with Gasteiger partial charge in [-0.25, -0.2) is 9.37 Å². The van der Waals surface area contributed by atoms with Gasteiger partial charge in [-0.2, -0.15) is 0 Å². The van der Waals surface area contributed by atoms with Crippen LogP contribution in [0.1, 0.15) is 0 Å². The van der Waals surface area contributed by atoms with E-state index in [0.29, 0.717) is 9.83 Å². The van der Waals surface area contributed by atoms with Crippen LogP contribution in [0.15, 0.2) is 18.2 Å². The van der Waals surface area contributed by atoms with Crippen molar-refractivity contribution in [2.24, 2.45) is 0 Å². The number of hydrogen-bond donors (Lipinski definition) is 1. The molecule has 6 heteroatoms. The topological polar surface area (TPSA) is 51.2 Å². The predicted octanol–water partition coefficient (Wildman–Crippen LogP) is 2.02. The molecular formula is C10H9FN2O2S. The zero-order valence-corrected chi connectivity index (χ0v) is 9.31. The number of para-hydroxylation sites is 1. The molecule has 0 radical (unpaired) electrons. The molecule has 1 heterocycles. The van der Waals surface area contributed by atoms with Crippen molar-refractivity contribution in [2.45, 2.75) is 0 Å². The molecule has 0 fully saturated rings. The minimum atomic E-state index is -0.388. The Kier molecular flexibility index (Phi) is 3.12. The molecule has 0 saturated carbocycles. The van der Waals surface area contributed by atoms with Crippen LogP contribution in [0.3, 0.4) is 0 Å². The first-order valence-electron chi connectivity index (χ1n) is 4.54. The lowest BCUT2D eigenvalue weighted by Gasteiger charge is -1.98. The van der Waals surface area contributed by atoms with Crippen LogP contribution in [0.2, 0.25) is 0 Å². The molecule has 0 spiro atoms. The molecular weight excluding hydrogens is 231 g/mol. The van der Waals surface area contributed by atoms with Gasteiger partial charge in [0, 0.05) is 7.11 Å². The fourth-order valence-electron chi connectivity index (χ4n) is 1.25. The molecule has 84 valence electrons. The minimum Gasteiger partial charge on any atom is -0.375 e. The Morgan fingerprint density at radius 3 is 3.12 bits per heavy atom. The number of nitrogens with one attached hydrogen (secondary N) is 1. The molecule has 0 aliphatic heterocycles. The molecule has 0 aliphatic carbocycles. The molecule has 2 rings (SSSR count). The van der Waals surface area contributed by atoms with Crippen LogP contribution in [-0.4, -0.2) is 24.6 Å². The molecule has 1 amide bonds. The predicted molar refractivity (Wildman–Crippen MR) is 60.1 cm³/mol. The van der Waals surface area contributed by atoms with Gasteiger partial charge in [0.2, 0.25) is 0 Å². The van der Waals surface area contributed by atoms with Gasteiger partial charge in [-0.05, 0) is 12.1 Å². The van der Waals surface area contributed by atoms with E-state index in [9.17, 15) is 9.18 Å². The fraction of sp³-hybridized carbons (Fsp3) is 0.200. The second-order valence-electron chi connectivity index (χ2n) is 3.09. The fourth-order valence-corrected chi connectivity index (χ4v) is 2.15. The van der Waals surface area contributed by atoms with E-state index in [0.717, 1.165) is 0 Å². The summed E-state index contributed by atoms with van der Waals surface area (Å²) in [7, 11) is 1.43. The average Bonchev–Trinajstić information content (AvgIpc) is 2.62. The molecule has 2 aromatic rings. The first-order valence-corrected chi connectivity index (χ1v) is 5.36. The van der Waals surface area contributed by atoms with Crippen molar-refractivity contribution in [3.05, 3.63) is 24.0 Å². The van der Waals surface area contributed by atoms with Gasteiger partial charge in [0.25, 0.3) is 5.91 Å². The highest BCUT2D eigenvalue weighted by atomic mass is 32.1. The van der Waals surface area contributed by atoms with Crippen molar-refractivity contribution in [1.82, 2.24) is 4.98 Å². The van der Waals surface area contributed by atoms with Crippen molar-refractivity contribution in [3.63, 3.8) is 0 Å². The first kappa shape index (κ1) is 11.0. The number of hydrogen-bond acceptors (Lipinski definition) is 4. The molecule has 0 aliphatic rings. The van der Waals surface area contributed by atoms with E-state index in [1.54, 1.807) is 12.1 Å². The van der Waals surface area contributed by atoms with Gasteiger partial charge in [0.05, 0.1) is 4.70 Å². The van der Waals surface area contributed by atoms with Crippen LogP contribution < -0.4 is 5.32 Å². The Hall–Kier alpha value is -1.53. The van der Waals surface area contributed by atoms with Crippen molar-refractivity contribution in [2.75, 3.05) is 19.0 Å². The van der Waals surface area contributed by atoms with E-state index >= 15 is 0 Å². The number of fused-ring (bicyclic) bond motifs is 1. The van der Waals surface area contributed by atoms with Crippen LogP contribution in [0.4, 0.5) is 9.52 Å². The quantitative estimate of drug-likeness (QED) is 0.893. The van der Waals surface area contributed by atoms with Crippen LogP contribution in [-0.2, 0) is 9.53 Å². The molecule has 1 aromatic heterocycles. The SMILES string of the molecule is COCC(=O)Nc1nc2c(F)cccc2s1. The number of nitrogens with zero attached hydrogens (tertiary/aromatic N) is 1. The van der Waals surface area contributed by atoms with Crippen molar-refractivity contribution >= 4 is 32.6 Å². The van der Waals surface area contributed by atoms with E-state index in [1.807, 2.05) is 0 Å². The summed E-state index contributed by atoms with van der Waals surface area (Å²) in [6, 6.07) is 4.70. The van der Waals surface area contributed by atoms with Gasteiger partial charge in [0.15, 0.2) is 5.13 Å². The smallest absolute Gasteiger partial charge is 0.252 e. The van der Waals surface area contributed by atoms with Gasteiger partial charge < -0.3 is 4.74 Å². The molecule has 0 atom stereocenters. The monoisotopic (exact) mass is 240 g/mol. The highest BCUT2D eigenvalue weighted by Crippen LogP contribution is 2.27. The maximum absolute atomic E-state index is 13.3. The van der Waals surface area contributed by atoms with Crippen molar-refractivity contribution in [1.29, 1.82) is 0 Å². The lowest BCUT2D eigenvalue weighted by molar-refractivity contribution is -0.119. The van der Waals surface area contributed by atoms with E-state index in [-0.39, 0.29) is 23.8 Å². The number of anilines is 1. The van der Waals surface area contributed by atoms with E-state index in [4.69, 9.17) is 0 Å². The van der Waals surface area contributed by atoms with Crippen LogP contribution in [0.5, 0.6) is 0 Å². The van der Waals surface area contributed by atoms with Gasteiger partial charge in [-0.1, -0.05) is 17.4 Å². The third-order valence-corrected chi connectivity index (χ3v) is 2.83. The zero-order chi connectivity index (χ0) is 11.5. The number of carbonyl (C=O) groups is 1. The lowest BCUT2D eigenvalue weighted by Crippen LogP contribution is -2.16. The molecule has 4 nitrogen and oxygen atoms in total. The number of amides is 1. The Morgan fingerprint density at radius 1 is 1.62 bits per heavy atom. The van der Waals surface area contributed by atoms with Gasteiger partial charge in [0.1, 0.15) is 17.9 Å². The minimum absolute atomic E-state index is 0.0432. The third kappa shape index (κ3) is 2.17. The summed E-state index contributed by atoms with van der Waals surface area (Å²) in [5.74, 6) is -0.692. The van der Waals surface area contributed by atoms with Crippen LogP contribution >= 0.6 is 11.3 Å². The number of benzene rings is 1. The third-order valence-electron chi connectivity index (χ3n) is 1.89. The Balaban J connectivity index is 2.26. The summed E-state index contributed by atoms with van der Waals surface area (Å²) < 4.78 is 18.7. The maximum Gasteiger partial charge on any atom is 0.252 e. The normalized spacial score (nSPS) is 10.6. The van der Waals surface area contributed by atoms with Gasteiger partial charge in [-0.15, -0.1) is 0 Å². The summed E-state index contributed by atoms with van der Waals surface area (Å²) in [4.78, 5) is 15.2. The highest BCUT2D eigenvalue weighted by Gasteiger charge is 2.09. The molecule has 16 heavy (non-hydrogen) atoms.